The van der Waals surface area contributed by atoms with Gasteiger partial charge in [0.25, 0.3) is 0 Å². The van der Waals surface area contributed by atoms with Crippen LogP contribution in [0.4, 0.5) is 26.3 Å². The van der Waals surface area contributed by atoms with E-state index in [4.69, 9.17) is 5.11 Å². The number of aromatic nitrogens is 3. The molecule has 1 N–H and O–H groups in total. The molecule has 0 saturated carbocycles. The Bertz CT molecular complexity index is 719. The molecule has 0 unspecified atom stereocenters. The van der Waals surface area contributed by atoms with Gasteiger partial charge in [-0.25, -0.2) is 14.5 Å². The molecule has 2 heterocycles. The van der Waals surface area contributed by atoms with Gasteiger partial charge < -0.3 is 5.11 Å². The van der Waals surface area contributed by atoms with Crippen LogP contribution in [0.2, 0.25) is 0 Å². The lowest BCUT2D eigenvalue weighted by molar-refractivity contribution is -0.143. The smallest absolute Gasteiger partial charge is 0.434 e. The van der Waals surface area contributed by atoms with Gasteiger partial charge in [0.05, 0.1) is 11.8 Å². The minimum Gasteiger partial charge on any atom is -0.478 e. The summed E-state index contributed by atoms with van der Waals surface area (Å²) in [5.41, 5.74) is -4.14. The zero-order valence-electron chi connectivity index (χ0n) is 10.3. The second kappa shape index (κ2) is 5.00. The van der Waals surface area contributed by atoms with Crippen LogP contribution in [0.1, 0.15) is 21.6 Å². The van der Waals surface area contributed by atoms with E-state index in [1.807, 2.05) is 0 Å². The number of hydrogen-bond acceptors (Lipinski definition) is 3. The quantitative estimate of drug-likeness (QED) is 0.862. The van der Waals surface area contributed by atoms with Gasteiger partial charge >= 0.3 is 18.3 Å². The van der Waals surface area contributed by atoms with Crippen LogP contribution in [0.15, 0.2) is 24.5 Å². The van der Waals surface area contributed by atoms with Crippen molar-refractivity contribution in [2.45, 2.75) is 12.4 Å². The number of rotatable bonds is 2. The van der Waals surface area contributed by atoms with Crippen molar-refractivity contribution in [2.24, 2.45) is 0 Å². The molecular weight excluding hydrogens is 320 g/mol. The zero-order valence-corrected chi connectivity index (χ0v) is 10.3. The minimum absolute atomic E-state index is 0.0126. The standard InChI is InChI=1S/C11H5F6N3O2/c12-10(13,14)5-1-2-18-7(3-5)20-8(11(15,16)17)6(4-19-20)9(21)22/h1-4H,(H,21,22). The first-order valence-electron chi connectivity index (χ1n) is 5.44. The lowest BCUT2D eigenvalue weighted by Gasteiger charge is -2.12. The van der Waals surface area contributed by atoms with Crippen LogP contribution >= 0.6 is 0 Å². The summed E-state index contributed by atoms with van der Waals surface area (Å²) in [4.78, 5) is 14.2. The van der Waals surface area contributed by atoms with E-state index in [1.54, 1.807) is 0 Å². The van der Waals surface area contributed by atoms with Gasteiger partial charge in [0.1, 0.15) is 5.56 Å². The highest BCUT2D eigenvalue weighted by molar-refractivity contribution is 5.89. The second-order valence-electron chi connectivity index (χ2n) is 4.02. The summed E-state index contributed by atoms with van der Waals surface area (Å²) in [5.74, 6) is -2.71. The molecule has 2 aromatic heterocycles. The molecule has 5 nitrogen and oxygen atoms in total. The average Bonchev–Trinajstić information content (AvgIpc) is 2.82. The molecule has 0 aliphatic carbocycles. The van der Waals surface area contributed by atoms with E-state index in [9.17, 15) is 31.1 Å². The van der Waals surface area contributed by atoms with E-state index < -0.39 is 41.0 Å². The van der Waals surface area contributed by atoms with Gasteiger partial charge in [0, 0.05) is 6.20 Å². The van der Waals surface area contributed by atoms with E-state index >= 15 is 0 Å². The monoisotopic (exact) mass is 325 g/mol. The largest absolute Gasteiger partial charge is 0.478 e. The number of hydrogen-bond donors (Lipinski definition) is 1. The van der Waals surface area contributed by atoms with Crippen LogP contribution < -0.4 is 0 Å². The lowest BCUT2D eigenvalue weighted by atomic mass is 10.2. The highest BCUT2D eigenvalue weighted by Crippen LogP contribution is 2.34. The molecule has 0 fully saturated rings. The van der Waals surface area contributed by atoms with Crippen LogP contribution in [0.25, 0.3) is 5.82 Å². The van der Waals surface area contributed by atoms with Gasteiger partial charge in [0.2, 0.25) is 0 Å². The maximum Gasteiger partial charge on any atom is 0.434 e. The van der Waals surface area contributed by atoms with Crippen molar-refractivity contribution in [3.8, 4) is 5.82 Å². The van der Waals surface area contributed by atoms with E-state index in [1.165, 1.54) is 0 Å². The van der Waals surface area contributed by atoms with Gasteiger partial charge in [-0.2, -0.15) is 31.4 Å². The molecule has 22 heavy (non-hydrogen) atoms. The summed E-state index contributed by atoms with van der Waals surface area (Å²) in [7, 11) is 0. The maximum absolute atomic E-state index is 12.9. The van der Waals surface area contributed by atoms with Crippen LogP contribution in [-0.2, 0) is 12.4 Å². The second-order valence-corrected chi connectivity index (χ2v) is 4.02. The Balaban J connectivity index is 2.66. The number of carboxylic acids is 1. The molecule has 0 atom stereocenters. The van der Waals surface area contributed by atoms with Gasteiger partial charge in [-0.1, -0.05) is 0 Å². The molecule has 0 aliphatic heterocycles. The molecule has 0 saturated heterocycles. The Morgan fingerprint density at radius 1 is 1.14 bits per heavy atom. The van der Waals surface area contributed by atoms with Crippen molar-refractivity contribution >= 4 is 5.97 Å². The third-order valence-electron chi connectivity index (χ3n) is 2.56. The summed E-state index contributed by atoms with van der Waals surface area (Å²) in [6, 6.07) is 0.909. The van der Waals surface area contributed by atoms with Gasteiger partial charge in [-0.15, -0.1) is 0 Å². The van der Waals surface area contributed by atoms with Crippen molar-refractivity contribution in [1.82, 2.24) is 14.8 Å². The normalized spacial score (nSPS) is 12.5. The third-order valence-corrected chi connectivity index (χ3v) is 2.56. The van der Waals surface area contributed by atoms with E-state index in [-0.39, 0.29) is 4.68 Å². The number of carbonyl (C=O) groups is 1. The molecule has 0 aromatic carbocycles. The Morgan fingerprint density at radius 2 is 1.77 bits per heavy atom. The predicted octanol–water partition coefficient (Wildman–Crippen LogP) is 3.00. The molecule has 0 bridgehead atoms. The number of pyridine rings is 1. The molecule has 0 amide bonds. The van der Waals surface area contributed by atoms with E-state index in [0.717, 1.165) is 0 Å². The lowest BCUT2D eigenvalue weighted by Crippen LogP contribution is -2.18. The number of halogens is 6. The number of carboxylic acid groups (broad SMARTS) is 1. The van der Waals surface area contributed by atoms with Gasteiger partial charge in [-0.05, 0) is 12.1 Å². The fourth-order valence-electron chi connectivity index (χ4n) is 1.66. The van der Waals surface area contributed by atoms with Crippen molar-refractivity contribution in [1.29, 1.82) is 0 Å². The Hall–Kier alpha value is -2.59. The molecule has 0 spiro atoms. The number of aromatic carboxylic acids is 1. The molecule has 2 rings (SSSR count). The van der Waals surface area contributed by atoms with Crippen LogP contribution in [-0.4, -0.2) is 25.8 Å². The zero-order chi connectivity index (χ0) is 16.7. The minimum atomic E-state index is -5.14. The topological polar surface area (TPSA) is 68.0 Å². The van der Waals surface area contributed by atoms with Crippen LogP contribution in [0, 0.1) is 0 Å². The Labute approximate surface area is 117 Å². The van der Waals surface area contributed by atoms with Crippen molar-refractivity contribution in [3.63, 3.8) is 0 Å². The number of alkyl halides is 6. The first-order valence-corrected chi connectivity index (χ1v) is 5.44. The SMILES string of the molecule is O=C(O)c1cnn(-c2cc(C(F)(F)F)ccn2)c1C(F)(F)F. The highest BCUT2D eigenvalue weighted by atomic mass is 19.4. The molecule has 11 heteroatoms. The summed E-state index contributed by atoms with van der Waals surface area (Å²) in [5, 5.41) is 11.9. The fraction of sp³-hybridized carbons (Fsp3) is 0.182. The van der Waals surface area contributed by atoms with Crippen LogP contribution in [0.3, 0.4) is 0 Å². The predicted molar refractivity (Wildman–Crippen MR) is 58.3 cm³/mol. The molecule has 2 aromatic rings. The highest BCUT2D eigenvalue weighted by Gasteiger charge is 2.41. The molecule has 0 radical (unpaired) electrons. The molecule has 118 valence electrons. The van der Waals surface area contributed by atoms with Crippen LogP contribution in [0.5, 0.6) is 0 Å². The summed E-state index contributed by atoms with van der Waals surface area (Å²) >= 11 is 0. The first-order chi connectivity index (χ1) is 10.0. The fourth-order valence-corrected chi connectivity index (χ4v) is 1.66. The Morgan fingerprint density at radius 3 is 2.27 bits per heavy atom. The maximum atomic E-state index is 12.9. The van der Waals surface area contributed by atoms with Crippen molar-refractivity contribution in [2.75, 3.05) is 0 Å². The van der Waals surface area contributed by atoms with Crippen molar-refractivity contribution in [3.05, 3.63) is 41.3 Å². The summed E-state index contributed by atoms with van der Waals surface area (Å²) in [6.45, 7) is 0. The first kappa shape index (κ1) is 15.8. The van der Waals surface area contributed by atoms with E-state index in [0.29, 0.717) is 24.5 Å². The average molecular weight is 325 g/mol. The summed E-state index contributed by atoms with van der Waals surface area (Å²) < 4.78 is 76.6. The molecular formula is C11H5F6N3O2. The van der Waals surface area contributed by atoms with E-state index in [2.05, 4.69) is 10.1 Å². The Kier molecular flexibility index (Phi) is 3.59. The summed E-state index contributed by atoms with van der Waals surface area (Å²) in [6.07, 6.45) is -8.88. The third kappa shape index (κ3) is 2.87. The van der Waals surface area contributed by atoms with Crippen molar-refractivity contribution < 1.29 is 36.2 Å². The molecule has 0 aliphatic rings. The van der Waals surface area contributed by atoms with Gasteiger partial charge in [0.15, 0.2) is 11.5 Å². The van der Waals surface area contributed by atoms with Gasteiger partial charge in [-0.3, -0.25) is 0 Å². The number of nitrogens with zero attached hydrogens (tertiary/aromatic N) is 3.